The van der Waals surface area contributed by atoms with E-state index in [9.17, 15) is 4.79 Å². The summed E-state index contributed by atoms with van der Waals surface area (Å²) in [7, 11) is 0. The molecule has 0 radical (unpaired) electrons. The van der Waals surface area contributed by atoms with Crippen molar-refractivity contribution in [3.05, 3.63) is 0 Å². The van der Waals surface area contributed by atoms with Crippen molar-refractivity contribution in [1.82, 2.24) is 5.32 Å². The van der Waals surface area contributed by atoms with E-state index in [0.717, 1.165) is 19.8 Å². The summed E-state index contributed by atoms with van der Waals surface area (Å²) in [6, 6.07) is 0. The molecule has 0 aromatic carbocycles. The Labute approximate surface area is 73.5 Å². The topological polar surface area (TPSA) is 38.3 Å². The van der Waals surface area contributed by atoms with Crippen LogP contribution >= 0.6 is 0 Å². The molecular weight excluding hydrogens is 154 g/mol. The Hall–Kier alpha value is -0.570. The maximum Gasteiger partial charge on any atom is 0.222 e. The molecule has 12 heavy (non-hydrogen) atoms. The van der Waals surface area contributed by atoms with Gasteiger partial charge >= 0.3 is 0 Å². The Morgan fingerprint density at radius 2 is 2.17 bits per heavy atom. The second-order valence-corrected chi connectivity index (χ2v) is 4.18. The molecule has 1 fully saturated rings. The summed E-state index contributed by atoms with van der Waals surface area (Å²) in [5, 5.41) is 2.91. The van der Waals surface area contributed by atoms with Gasteiger partial charge in [0, 0.05) is 17.9 Å². The quantitative estimate of drug-likeness (QED) is 0.682. The first kappa shape index (κ1) is 9.52. The Bertz CT molecular complexity index is 173. The second-order valence-electron chi connectivity index (χ2n) is 4.18. The molecule has 0 spiro atoms. The highest BCUT2D eigenvalue weighted by molar-refractivity contribution is 5.77. The average Bonchev–Trinajstić information content (AvgIpc) is 1.96. The third-order valence-corrected chi connectivity index (χ3v) is 2.11. The summed E-state index contributed by atoms with van der Waals surface area (Å²) < 4.78 is 5.08. The lowest BCUT2D eigenvalue weighted by Crippen LogP contribution is -2.49. The molecule has 0 aliphatic carbocycles. The Morgan fingerprint density at radius 3 is 2.50 bits per heavy atom. The van der Waals surface area contributed by atoms with Crippen LogP contribution in [0.4, 0.5) is 0 Å². The lowest BCUT2D eigenvalue weighted by atomic mass is 9.88. The molecule has 0 aromatic heterocycles. The fourth-order valence-corrected chi connectivity index (χ4v) is 1.06. The van der Waals surface area contributed by atoms with Crippen molar-refractivity contribution in [2.45, 2.75) is 20.8 Å². The fraction of sp³-hybridized carbons (Fsp3) is 0.889. The Morgan fingerprint density at radius 1 is 1.58 bits per heavy atom. The molecular formula is C9H17NO2. The van der Waals surface area contributed by atoms with E-state index in [-0.39, 0.29) is 17.2 Å². The summed E-state index contributed by atoms with van der Waals surface area (Å²) in [6.07, 6.45) is 0. The molecule has 0 aromatic rings. The predicted molar refractivity (Wildman–Crippen MR) is 46.8 cm³/mol. The van der Waals surface area contributed by atoms with Gasteiger partial charge in [0.2, 0.25) is 5.91 Å². The minimum Gasteiger partial charge on any atom is -0.380 e. The van der Waals surface area contributed by atoms with Crippen LogP contribution in [-0.4, -0.2) is 25.7 Å². The fourth-order valence-electron chi connectivity index (χ4n) is 1.06. The van der Waals surface area contributed by atoms with E-state index in [2.05, 4.69) is 12.2 Å². The van der Waals surface area contributed by atoms with E-state index in [1.165, 1.54) is 0 Å². The van der Waals surface area contributed by atoms with Crippen LogP contribution in [0.1, 0.15) is 20.8 Å². The summed E-state index contributed by atoms with van der Waals surface area (Å²) >= 11 is 0. The van der Waals surface area contributed by atoms with Gasteiger partial charge in [0.1, 0.15) is 0 Å². The number of amides is 1. The number of nitrogens with one attached hydrogen (secondary N) is 1. The van der Waals surface area contributed by atoms with Gasteiger partial charge in [-0.1, -0.05) is 20.8 Å². The van der Waals surface area contributed by atoms with Crippen molar-refractivity contribution in [1.29, 1.82) is 0 Å². The zero-order chi connectivity index (χ0) is 9.19. The molecule has 0 atom stereocenters. The average molecular weight is 171 g/mol. The van der Waals surface area contributed by atoms with Crippen molar-refractivity contribution in [2.75, 3.05) is 19.8 Å². The first-order valence-electron chi connectivity index (χ1n) is 4.39. The number of carbonyl (C=O) groups is 1. The predicted octanol–water partition coefficient (Wildman–Crippen LogP) is 0.795. The maximum absolute atomic E-state index is 11.2. The first-order valence-corrected chi connectivity index (χ1v) is 4.39. The normalized spacial score (nSPS) is 20.3. The molecule has 0 saturated carbocycles. The van der Waals surface area contributed by atoms with Gasteiger partial charge < -0.3 is 10.1 Å². The number of ether oxygens (including phenoxy) is 1. The smallest absolute Gasteiger partial charge is 0.222 e. The molecule has 1 aliphatic rings. The number of carbonyl (C=O) groups excluding carboxylic acids is 1. The van der Waals surface area contributed by atoms with Crippen molar-refractivity contribution in [3.8, 4) is 0 Å². The SMILES string of the molecule is CC(C)C(=O)NCC1(C)COC1. The highest BCUT2D eigenvalue weighted by Crippen LogP contribution is 2.25. The third-order valence-electron chi connectivity index (χ3n) is 2.11. The van der Waals surface area contributed by atoms with Gasteiger partial charge in [-0.2, -0.15) is 0 Å². The van der Waals surface area contributed by atoms with Crippen LogP contribution in [0.3, 0.4) is 0 Å². The number of hydrogen-bond donors (Lipinski definition) is 1. The van der Waals surface area contributed by atoms with Crippen LogP contribution in [0.5, 0.6) is 0 Å². The van der Waals surface area contributed by atoms with Gasteiger partial charge in [-0.15, -0.1) is 0 Å². The summed E-state index contributed by atoms with van der Waals surface area (Å²) in [4.78, 5) is 11.2. The van der Waals surface area contributed by atoms with E-state index < -0.39 is 0 Å². The number of rotatable bonds is 3. The lowest BCUT2D eigenvalue weighted by Gasteiger charge is -2.38. The van der Waals surface area contributed by atoms with Gasteiger partial charge in [0.05, 0.1) is 13.2 Å². The minimum absolute atomic E-state index is 0.0783. The first-order chi connectivity index (χ1) is 5.53. The molecule has 3 heteroatoms. The van der Waals surface area contributed by atoms with Gasteiger partial charge in [0.15, 0.2) is 0 Å². The highest BCUT2D eigenvalue weighted by Gasteiger charge is 2.33. The summed E-state index contributed by atoms with van der Waals surface area (Å²) in [5.41, 5.74) is 0.185. The summed E-state index contributed by atoms with van der Waals surface area (Å²) in [5.74, 6) is 0.206. The van der Waals surface area contributed by atoms with E-state index in [4.69, 9.17) is 4.74 Å². The number of hydrogen-bond acceptors (Lipinski definition) is 2. The van der Waals surface area contributed by atoms with E-state index in [1.54, 1.807) is 0 Å². The molecule has 1 aliphatic heterocycles. The van der Waals surface area contributed by atoms with Gasteiger partial charge in [-0.05, 0) is 0 Å². The third kappa shape index (κ3) is 2.21. The van der Waals surface area contributed by atoms with Crippen molar-refractivity contribution in [3.63, 3.8) is 0 Å². The molecule has 0 bridgehead atoms. The molecule has 3 nitrogen and oxygen atoms in total. The molecule has 70 valence electrons. The minimum atomic E-state index is 0.0783. The zero-order valence-electron chi connectivity index (χ0n) is 8.02. The second kappa shape index (κ2) is 3.44. The van der Waals surface area contributed by atoms with Crippen molar-refractivity contribution in [2.24, 2.45) is 11.3 Å². The summed E-state index contributed by atoms with van der Waals surface area (Å²) in [6.45, 7) is 8.20. The van der Waals surface area contributed by atoms with Gasteiger partial charge in [-0.25, -0.2) is 0 Å². The molecule has 1 rings (SSSR count). The van der Waals surface area contributed by atoms with Crippen molar-refractivity contribution >= 4 is 5.91 Å². The molecule has 1 amide bonds. The van der Waals surface area contributed by atoms with Crippen LogP contribution in [-0.2, 0) is 9.53 Å². The monoisotopic (exact) mass is 171 g/mol. The van der Waals surface area contributed by atoms with Crippen LogP contribution < -0.4 is 5.32 Å². The standard InChI is InChI=1S/C9H17NO2/c1-7(2)8(11)10-4-9(3)5-12-6-9/h7H,4-6H2,1-3H3,(H,10,11). The van der Waals surface area contributed by atoms with Crippen LogP contribution in [0, 0.1) is 11.3 Å². The Balaban J connectivity index is 2.21. The highest BCUT2D eigenvalue weighted by atomic mass is 16.5. The van der Waals surface area contributed by atoms with E-state index in [0.29, 0.717) is 0 Å². The Kier molecular flexibility index (Phi) is 2.73. The molecule has 1 saturated heterocycles. The van der Waals surface area contributed by atoms with Gasteiger partial charge in [-0.3, -0.25) is 4.79 Å². The zero-order valence-corrected chi connectivity index (χ0v) is 8.02. The largest absolute Gasteiger partial charge is 0.380 e. The van der Waals surface area contributed by atoms with Crippen LogP contribution in [0.15, 0.2) is 0 Å². The molecule has 1 N–H and O–H groups in total. The molecule has 0 unspecified atom stereocenters. The van der Waals surface area contributed by atoms with Crippen LogP contribution in [0.25, 0.3) is 0 Å². The molecule has 1 heterocycles. The maximum atomic E-state index is 11.2. The lowest BCUT2D eigenvalue weighted by molar-refractivity contribution is -0.129. The van der Waals surface area contributed by atoms with Crippen molar-refractivity contribution < 1.29 is 9.53 Å². The van der Waals surface area contributed by atoms with Crippen LogP contribution in [0.2, 0.25) is 0 Å². The van der Waals surface area contributed by atoms with E-state index >= 15 is 0 Å². The van der Waals surface area contributed by atoms with E-state index in [1.807, 2.05) is 13.8 Å². The van der Waals surface area contributed by atoms with Gasteiger partial charge in [0.25, 0.3) is 0 Å².